The minimum absolute atomic E-state index is 0.0783. The van der Waals surface area contributed by atoms with Crippen LogP contribution in [0.25, 0.3) is 0 Å². The first kappa shape index (κ1) is 18.1. The summed E-state index contributed by atoms with van der Waals surface area (Å²) >= 11 is 6.15. The first-order chi connectivity index (χ1) is 13.0. The molecule has 1 fully saturated rings. The van der Waals surface area contributed by atoms with Crippen molar-refractivity contribution in [1.82, 2.24) is 9.80 Å². The summed E-state index contributed by atoms with van der Waals surface area (Å²) < 4.78 is 0. The molecule has 2 aromatic carbocycles. The fraction of sp³-hybridized carbons (Fsp3) is 0.381. The average molecular weight is 385 g/mol. The number of para-hydroxylation sites is 1. The number of anilines is 2. The molecule has 4 rings (SSSR count). The number of nitrogens with zero attached hydrogens (tertiary/aromatic N) is 4. The van der Waals surface area contributed by atoms with E-state index in [1.165, 1.54) is 11.3 Å². The molecule has 1 saturated heterocycles. The topological polar surface area (TPSA) is 30.0 Å². The summed E-state index contributed by atoms with van der Waals surface area (Å²) in [6, 6.07) is 14.3. The Balaban J connectivity index is 1.48. The van der Waals surface area contributed by atoms with Gasteiger partial charge in [-0.15, -0.1) is 0 Å². The van der Waals surface area contributed by atoms with E-state index in [0.717, 1.165) is 44.0 Å². The third kappa shape index (κ3) is 3.62. The Bertz CT molecular complexity index is 848. The van der Waals surface area contributed by atoms with Crippen molar-refractivity contribution in [2.45, 2.75) is 13.5 Å². The van der Waals surface area contributed by atoms with E-state index in [0.29, 0.717) is 11.7 Å². The van der Waals surface area contributed by atoms with Gasteiger partial charge in [0, 0.05) is 43.4 Å². The molecule has 0 aliphatic carbocycles. The van der Waals surface area contributed by atoms with E-state index in [1.807, 2.05) is 35.0 Å². The monoisotopic (exact) mass is 384 g/mol. The first-order valence-corrected chi connectivity index (χ1v) is 9.75. The van der Waals surface area contributed by atoms with Crippen LogP contribution in [0.3, 0.4) is 0 Å². The molecular weight excluding hydrogens is 360 g/mol. The second-order valence-electron chi connectivity index (χ2n) is 7.40. The van der Waals surface area contributed by atoms with Crippen molar-refractivity contribution in [2.24, 2.45) is 0 Å². The first-order valence-electron chi connectivity index (χ1n) is 9.37. The van der Waals surface area contributed by atoms with Gasteiger partial charge in [0.05, 0.1) is 12.4 Å². The maximum absolute atomic E-state index is 13.2. The largest absolute Gasteiger partial charge is 0.368 e. The Morgan fingerprint density at radius 2 is 1.74 bits per heavy atom. The van der Waals surface area contributed by atoms with Crippen molar-refractivity contribution in [2.75, 3.05) is 49.7 Å². The Morgan fingerprint density at radius 3 is 2.48 bits per heavy atom. The smallest absolute Gasteiger partial charge is 0.325 e. The lowest BCUT2D eigenvalue weighted by Crippen LogP contribution is -2.55. The molecule has 2 aliphatic rings. The summed E-state index contributed by atoms with van der Waals surface area (Å²) in [6.07, 6.45) is 0. The zero-order valence-electron chi connectivity index (χ0n) is 15.9. The van der Waals surface area contributed by atoms with Crippen molar-refractivity contribution in [3.8, 4) is 0 Å². The van der Waals surface area contributed by atoms with Gasteiger partial charge in [-0.05, 0) is 49.4 Å². The van der Waals surface area contributed by atoms with Crippen molar-refractivity contribution in [1.29, 1.82) is 0 Å². The van der Waals surface area contributed by atoms with Crippen LogP contribution >= 0.6 is 11.6 Å². The molecule has 0 atom stereocenters. The van der Waals surface area contributed by atoms with E-state index in [-0.39, 0.29) is 6.03 Å². The molecule has 142 valence electrons. The zero-order chi connectivity index (χ0) is 19.0. The Morgan fingerprint density at radius 1 is 1.00 bits per heavy atom. The lowest BCUT2D eigenvalue weighted by molar-refractivity contribution is 0.192. The van der Waals surface area contributed by atoms with Gasteiger partial charge in [-0.25, -0.2) is 4.79 Å². The summed E-state index contributed by atoms with van der Waals surface area (Å²) in [5.74, 6) is 0. The van der Waals surface area contributed by atoms with E-state index in [4.69, 9.17) is 11.6 Å². The van der Waals surface area contributed by atoms with E-state index in [9.17, 15) is 4.79 Å². The fourth-order valence-electron chi connectivity index (χ4n) is 3.99. The number of urea groups is 1. The minimum atomic E-state index is 0.0783. The third-order valence-corrected chi connectivity index (χ3v) is 5.63. The average Bonchev–Trinajstić information content (AvgIpc) is 2.67. The summed E-state index contributed by atoms with van der Waals surface area (Å²) in [6.45, 7) is 6.72. The van der Waals surface area contributed by atoms with Crippen LogP contribution in [0.1, 0.15) is 11.1 Å². The number of carbonyl (C=O) groups is 1. The third-order valence-electron chi connectivity index (χ3n) is 5.39. The van der Waals surface area contributed by atoms with Crippen LogP contribution in [-0.2, 0) is 6.54 Å². The number of fused-ring (bicyclic) bond motifs is 1. The molecule has 0 N–H and O–H groups in total. The molecule has 0 saturated carbocycles. The molecule has 0 bridgehead atoms. The molecule has 6 heteroatoms. The van der Waals surface area contributed by atoms with Gasteiger partial charge in [0.15, 0.2) is 0 Å². The summed E-state index contributed by atoms with van der Waals surface area (Å²) in [7, 11) is 2.03. The minimum Gasteiger partial charge on any atom is -0.368 e. The molecule has 2 aromatic rings. The quantitative estimate of drug-likeness (QED) is 0.749. The van der Waals surface area contributed by atoms with E-state index in [1.54, 1.807) is 0 Å². The number of benzene rings is 2. The predicted octanol–water partition coefficient (Wildman–Crippen LogP) is 3.80. The fourth-order valence-corrected chi connectivity index (χ4v) is 4.19. The van der Waals surface area contributed by atoms with Crippen LogP contribution in [-0.4, -0.2) is 55.7 Å². The highest BCUT2D eigenvalue weighted by Gasteiger charge is 2.31. The number of carbonyl (C=O) groups excluding carboxylic acids is 1. The lowest BCUT2D eigenvalue weighted by Gasteiger charge is -2.41. The van der Waals surface area contributed by atoms with Crippen LogP contribution in [0.15, 0.2) is 42.5 Å². The van der Waals surface area contributed by atoms with Crippen molar-refractivity contribution in [3.05, 3.63) is 58.6 Å². The summed E-state index contributed by atoms with van der Waals surface area (Å²) in [5, 5.41) is 0.711. The van der Waals surface area contributed by atoms with Crippen molar-refractivity contribution >= 4 is 29.0 Å². The Labute approximate surface area is 165 Å². The molecule has 2 aliphatic heterocycles. The van der Waals surface area contributed by atoms with Gasteiger partial charge in [-0.1, -0.05) is 29.8 Å². The Hall–Kier alpha value is -2.24. The van der Waals surface area contributed by atoms with Gasteiger partial charge in [-0.2, -0.15) is 0 Å². The predicted molar refractivity (Wildman–Crippen MR) is 111 cm³/mol. The van der Waals surface area contributed by atoms with Crippen LogP contribution in [0.2, 0.25) is 5.02 Å². The van der Waals surface area contributed by atoms with Gasteiger partial charge in [0.2, 0.25) is 0 Å². The highest BCUT2D eigenvalue weighted by molar-refractivity contribution is 6.30. The molecular formula is C21H25ClN4O. The molecule has 2 heterocycles. The van der Waals surface area contributed by atoms with Gasteiger partial charge in [0.1, 0.15) is 0 Å². The van der Waals surface area contributed by atoms with Crippen LogP contribution < -0.4 is 9.80 Å². The standard InChI is InChI=1S/C21H25ClN4O/c1-16-5-3-4-6-19(16)24-9-11-25(12-10-24)21(27)26-15-23(2)14-17-13-18(22)7-8-20(17)26/h3-8,13H,9-12,14-15H2,1-2H3. The molecule has 0 spiro atoms. The number of hydrogen-bond donors (Lipinski definition) is 0. The van der Waals surface area contributed by atoms with Crippen molar-refractivity contribution in [3.63, 3.8) is 0 Å². The lowest BCUT2D eigenvalue weighted by atomic mass is 10.1. The highest BCUT2D eigenvalue weighted by atomic mass is 35.5. The normalized spacial score (nSPS) is 17.8. The molecule has 0 radical (unpaired) electrons. The second-order valence-corrected chi connectivity index (χ2v) is 7.84. The van der Waals surface area contributed by atoms with Gasteiger partial charge < -0.3 is 9.80 Å². The molecule has 0 unspecified atom stereocenters. The van der Waals surface area contributed by atoms with Crippen LogP contribution in [0.4, 0.5) is 16.2 Å². The zero-order valence-corrected chi connectivity index (χ0v) is 16.6. The number of rotatable bonds is 1. The van der Waals surface area contributed by atoms with E-state index < -0.39 is 0 Å². The maximum Gasteiger partial charge on any atom is 0.325 e. The van der Waals surface area contributed by atoms with E-state index in [2.05, 4.69) is 41.0 Å². The van der Waals surface area contributed by atoms with Gasteiger partial charge in [-0.3, -0.25) is 9.80 Å². The molecule has 27 heavy (non-hydrogen) atoms. The van der Waals surface area contributed by atoms with Gasteiger partial charge >= 0.3 is 6.03 Å². The summed E-state index contributed by atoms with van der Waals surface area (Å²) in [4.78, 5) is 21.6. The maximum atomic E-state index is 13.2. The second kappa shape index (κ2) is 7.41. The highest BCUT2D eigenvalue weighted by Crippen LogP contribution is 2.30. The Kier molecular flexibility index (Phi) is 4.98. The number of hydrogen-bond acceptors (Lipinski definition) is 3. The van der Waals surface area contributed by atoms with Crippen LogP contribution in [0, 0.1) is 6.92 Å². The van der Waals surface area contributed by atoms with Crippen LogP contribution in [0.5, 0.6) is 0 Å². The molecule has 5 nitrogen and oxygen atoms in total. The number of halogens is 1. The number of piperazine rings is 1. The summed E-state index contributed by atoms with van der Waals surface area (Å²) in [5.41, 5.74) is 4.62. The van der Waals surface area contributed by atoms with Crippen molar-refractivity contribution < 1.29 is 4.79 Å². The number of aryl methyl sites for hydroxylation is 1. The van der Waals surface area contributed by atoms with E-state index >= 15 is 0 Å². The molecule has 0 aromatic heterocycles. The van der Waals surface area contributed by atoms with Gasteiger partial charge in [0.25, 0.3) is 0 Å². The molecule has 2 amide bonds. The SMILES string of the molecule is Cc1ccccc1N1CCN(C(=O)N2CN(C)Cc3cc(Cl)ccc32)CC1. The number of amides is 2.